The van der Waals surface area contributed by atoms with Crippen LogP contribution in [0.25, 0.3) is 0 Å². The summed E-state index contributed by atoms with van der Waals surface area (Å²) in [6.07, 6.45) is 5.52. The van der Waals surface area contributed by atoms with Gasteiger partial charge in [0.15, 0.2) is 0 Å². The number of nitrogens with one attached hydrogen (secondary N) is 1. The van der Waals surface area contributed by atoms with Gasteiger partial charge in [0.2, 0.25) is 5.95 Å². The highest BCUT2D eigenvalue weighted by atomic mass is 16.2. The maximum atomic E-state index is 12.5. The van der Waals surface area contributed by atoms with Crippen LogP contribution >= 0.6 is 0 Å². The third-order valence-corrected chi connectivity index (χ3v) is 4.81. The van der Waals surface area contributed by atoms with Crippen molar-refractivity contribution >= 4 is 12.0 Å². The van der Waals surface area contributed by atoms with Crippen molar-refractivity contribution in [3.8, 4) is 0 Å². The molecule has 0 aliphatic carbocycles. The lowest BCUT2D eigenvalue weighted by Crippen LogP contribution is -2.55. The Hall–Kier alpha value is -2.15. The maximum Gasteiger partial charge on any atom is 0.317 e. The minimum absolute atomic E-state index is 0.0620. The van der Waals surface area contributed by atoms with E-state index in [0.717, 1.165) is 51.5 Å². The molecule has 0 aromatic carbocycles. The fraction of sp³-hybridized carbons (Fsp3) is 0.611. The fourth-order valence-corrected chi connectivity index (χ4v) is 3.45. The van der Waals surface area contributed by atoms with Crippen molar-refractivity contribution < 1.29 is 4.79 Å². The summed E-state index contributed by atoms with van der Waals surface area (Å²) in [5, 5.41) is 3.21. The zero-order chi connectivity index (χ0) is 17.6. The zero-order valence-corrected chi connectivity index (χ0v) is 15.0. The van der Waals surface area contributed by atoms with E-state index in [1.165, 1.54) is 5.57 Å². The van der Waals surface area contributed by atoms with Crippen LogP contribution in [-0.4, -0.2) is 77.7 Å². The van der Waals surface area contributed by atoms with Gasteiger partial charge in [-0.05, 0) is 25.8 Å². The SMILES string of the molecule is C=C(C)CN1CCC(NC(=O)N2CCN(c3ncccn3)CC2)CC1. The average molecular weight is 344 g/mol. The Bertz CT molecular complexity index is 576. The largest absolute Gasteiger partial charge is 0.337 e. The summed E-state index contributed by atoms with van der Waals surface area (Å²) < 4.78 is 0. The molecule has 2 amide bonds. The molecule has 2 fully saturated rings. The number of amides is 2. The van der Waals surface area contributed by atoms with Gasteiger partial charge in [-0.2, -0.15) is 0 Å². The molecule has 0 spiro atoms. The number of piperazine rings is 1. The number of rotatable bonds is 4. The van der Waals surface area contributed by atoms with Gasteiger partial charge < -0.3 is 15.1 Å². The molecule has 3 heterocycles. The molecular weight excluding hydrogens is 316 g/mol. The van der Waals surface area contributed by atoms with E-state index in [1.807, 2.05) is 11.0 Å². The van der Waals surface area contributed by atoms with E-state index in [0.29, 0.717) is 13.1 Å². The topological polar surface area (TPSA) is 64.6 Å². The van der Waals surface area contributed by atoms with Crippen molar-refractivity contribution in [2.24, 2.45) is 0 Å². The summed E-state index contributed by atoms with van der Waals surface area (Å²) >= 11 is 0. The number of piperidine rings is 1. The van der Waals surface area contributed by atoms with E-state index in [4.69, 9.17) is 0 Å². The molecule has 2 saturated heterocycles. The van der Waals surface area contributed by atoms with Crippen LogP contribution in [0.15, 0.2) is 30.6 Å². The Kier molecular flexibility index (Phi) is 5.86. The zero-order valence-electron chi connectivity index (χ0n) is 15.0. The van der Waals surface area contributed by atoms with Crippen LogP contribution < -0.4 is 10.2 Å². The van der Waals surface area contributed by atoms with E-state index in [9.17, 15) is 4.79 Å². The van der Waals surface area contributed by atoms with Gasteiger partial charge in [-0.1, -0.05) is 12.2 Å². The Morgan fingerprint density at radius 2 is 1.80 bits per heavy atom. The van der Waals surface area contributed by atoms with Crippen molar-refractivity contribution in [3.05, 3.63) is 30.6 Å². The first-order valence-corrected chi connectivity index (χ1v) is 9.06. The van der Waals surface area contributed by atoms with E-state index < -0.39 is 0 Å². The lowest BCUT2D eigenvalue weighted by atomic mass is 10.0. The van der Waals surface area contributed by atoms with E-state index in [-0.39, 0.29) is 12.1 Å². The Morgan fingerprint density at radius 1 is 1.16 bits per heavy atom. The Balaban J connectivity index is 1.41. The molecule has 1 N–H and O–H groups in total. The average Bonchev–Trinajstić information content (AvgIpc) is 2.64. The normalized spacial score (nSPS) is 19.7. The molecular formula is C18H28N6O. The molecule has 3 rings (SSSR count). The number of nitrogens with zero attached hydrogens (tertiary/aromatic N) is 5. The molecule has 136 valence electrons. The summed E-state index contributed by atoms with van der Waals surface area (Å²) in [5.41, 5.74) is 1.20. The highest BCUT2D eigenvalue weighted by Crippen LogP contribution is 2.13. The third-order valence-electron chi connectivity index (χ3n) is 4.81. The van der Waals surface area contributed by atoms with Crippen molar-refractivity contribution in [1.82, 2.24) is 25.1 Å². The molecule has 0 atom stereocenters. The number of urea groups is 1. The Morgan fingerprint density at radius 3 is 2.40 bits per heavy atom. The van der Waals surface area contributed by atoms with E-state index in [2.05, 4.69) is 38.6 Å². The number of hydrogen-bond acceptors (Lipinski definition) is 5. The molecule has 2 aliphatic heterocycles. The van der Waals surface area contributed by atoms with Gasteiger partial charge in [-0.15, -0.1) is 0 Å². The minimum atomic E-state index is 0.0620. The van der Waals surface area contributed by atoms with Crippen LogP contribution in [0.5, 0.6) is 0 Å². The van der Waals surface area contributed by atoms with Crippen molar-refractivity contribution in [3.63, 3.8) is 0 Å². The molecule has 25 heavy (non-hydrogen) atoms. The second-order valence-corrected chi connectivity index (χ2v) is 6.98. The van der Waals surface area contributed by atoms with Gasteiger partial charge in [0.05, 0.1) is 0 Å². The summed E-state index contributed by atoms with van der Waals surface area (Å²) in [6.45, 7) is 12.0. The molecule has 7 nitrogen and oxygen atoms in total. The molecule has 0 bridgehead atoms. The smallest absolute Gasteiger partial charge is 0.317 e. The maximum absolute atomic E-state index is 12.5. The van der Waals surface area contributed by atoms with E-state index >= 15 is 0 Å². The van der Waals surface area contributed by atoms with Crippen LogP contribution in [0.1, 0.15) is 19.8 Å². The molecule has 7 heteroatoms. The second kappa shape index (κ2) is 8.29. The predicted molar refractivity (Wildman–Crippen MR) is 98.6 cm³/mol. The van der Waals surface area contributed by atoms with Crippen LogP contribution in [-0.2, 0) is 0 Å². The lowest BCUT2D eigenvalue weighted by Gasteiger charge is -2.37. The van der Waals surface area contributed by atoms with Gasteiger partial charge >= 0.3 is 6.03 Å². The Labute approximate surface area is 149 Å². The van der Waals surface area contributed by atoms with Crippen LogP contribution in [0.3, 0.4) is 0 Å². The number of carbonyl (C=O) groups excluding carboxylic acids is 1. The molecule has 2 aliphatic rings. The van der Waals surface area contributed by atoms with Gasteiger partial charge in [0.1, 0.15) is 0 Å². The van der Waals surface area contributed by atoms with Gasteiger partial charge in [0, 0.05) is 64.2 Å². The number of hydrogen-bond donors (Lipinski definition) is 1. The van der Waals surface area contributed by atoms with Crippen molar-refractivity contribution in [2.45, 2.75) is 25.8 Å². The van der Waals surface area contributed by atoms with Gasteiger partial charge in [-0.3, -0.25) is 4.90 Å². The summed E-state index contributed by atoms with van der Waals surface area (Å²) in [6, 6.07) is 2.16. The molecule has 0 saturated carbocycles. The standard InChI is InChI=1S/C18H28N6O/c1-15(2)14-22-8-4-16(5-9-22)21-18(25)24-12-10-23(11-13-24)17-19-6-3-7-20-17/h3,6-7,16H,1,4-5,8-14H2,2H3,(H,21,25). The first-order valence-electron chi connectivity index (χ1n) is 9.06. The first-order chi connectivity index (χ1) is 12.1. The highest BCUT2D eigenvalue weighted by Gasteiger charge is 2.26. The number of likely N-dealkylation sites (tertiary alicyclic amines) is 1. The number of anilines is 1. The quantitative estimate of drug-likeness (QED) is 0.836. The van der Waals surface area contributed by atoms with Crippen LogP contribution in [0, 0.1) is 0 Å². The summed E-state index contributed by atoms with van der Waals surface area (Å²) in [7, 11) is 0. The van der Waals surface area contributed by atoms with Crippen molar-refractivity contribution in [1.29, 1.82) is 0 Å². The predicted octanol–water partition coefficient (Wildman–Crippen LogP) is 1.35. The lowest BCUT2D eigenvalue weighted by molar-refractivity contribution is 0.173. The first kappa shape index (κ1) is 17.7. The minimum Gasteiger partial charge on any atom is -0.337 e. The van der Waals surface area contributed by atoms with Crippen LogP contribution in [0.2, 0.25) is 0 Å². The monoisotopic (exact) mass is 344 g/mol. The number of aromatic nitrogens is 2. The third kappa shape index (κ3) is 4.92. The van der Waals surface area contributed by atoms with Crippen molar-refractivity contribution in [2.75, 3.05) is 50.7 Å². The fourth-order valence-electron chi connectivity index (χ4n) is 3.45. The van der Waals surface area contributed by atoms with E-state index in [1.54, 1.807) is 12.4 Å². The molecule has 1 aromatic heterocycles. The summed E-state index contributed by atoms with van der Waals surface area (Å²) in [4.78, 5) is 27.5. The van der Waals surface area contributed by atoms with Crippen LogP contribution in [0.4, 0.5) is 10.7 Å². The van der Waals surface area contributed by atoms with Gasteiger partial charge in [-0.25, -0.2) is 14.8 Å². The highest BCUT2D eigenvalue weighted by molar-refractivity contribution is 5.74. The van der Waals surface area contributed by atoms with Gasteiger partial charge in [0.25, 0.3) is 0 Å². The molecule has 0 radical (unpaired) electrons. The number of carbonyl (C=O) groups is 1. The second-order valence-electron chi connectivity index (χ2n) is 6.98. The summed E-state index contributed by atoms with van der Waals surface area (Å²) in [5.74, 6) is 0.743. The molecule has 1 aromatic rings. The molecule has 0 unspecified atom stereocenters.